The zero-order valence-electron chi connectivity index (χ0n) is 40.6. The molecule has 0 bridgehead atoms. The van der Waals surface area contributed by atoms with Gasteiger partial charge in [-0.05, 0) is 158 Å². The normalized spacial score (nSPS) is 11.0. The van der Waals surface area contributed by atoms with Crippen LogP contribution >= 0.6 is 36.2 Å². The Balaban J connectivity index is 0.000000268. The maximum atomic E-state index is 4.70. The number of benzene rings is 6. The van der Waals surface area contributed by atoms with E-state index in [4.69, 9.17) is 20.4 Å². The Morgan fingerprint density at radius 2 is 0.385 bits per heavy atom. The van der Waals surface area contributed by atoms with Crippen LogP contribution in [0.2, 0.25) is 0 Å². The topological polar surface area (TPSA) is 0 Å². The van der Waals surface area contributed by atoms with Gasteiger partial charge in [-0.1, -0.05) is 226 Å². The second-order valence-electron chi connectivity index (χ2n) is 17.3. The molecule has 65 heavy (non-hydrogen) atoms. The standard InChI is InChI=1S/2C30H39P.2ClH.Ni/c2*1-4-7-10-25-13-19-28(20-14-25)31(29-21-15-26(16-22-29)11-8-5-2)30-23-17-27(18-24-30)12-9-6-3;;;/h2*13-24H,4-12H2,1-3H3;2*1H;/q;;;;+2/p-2. The number of unbranched alkanes of at least 4 members (excludes halogenated alkanes) is 6. The molecule has 0 aromatic heterocycles. The van der Waals surface area contributed by atoms with E-state index in [1.165, 1.54) is 181 Å². The summed E-state index contributed by atoms with van der Waals surface area (Å²) in [6.07, 6.45) is 22.3. The molecule has 0 spiro atoms. The van der Waals surface area contributed by atoms with Crippen molar-refractivity contribution in [2.75, 3.05) is 0 Å². The molecule has 0 aliphatic heterocycles. The van der Waals surface area contributed by atoms with E-state index in [1.54, 1.807) is 0 Å². The molecule has 0 radical (unpaired) electrons. The third kappa shape index (κ3) is 19.4. The van der Waals surface area contributed by atoms with Crippen molar-refractivity contribution >= 4 is 68.1 Å². The second-order valence-corrected chi connectivity index (χ2v) is 23.4. The molecule has 352 valence electrons. The van der Waals surface area contributed by atoms with E-state index < -0.39 is 15.8 Å². The minimum atomic E-state index is -0.522. The van der Waals surface area contributed by atoms with Crippen molar-refractivity contribution in [2.45, 2.75) is 157 Å². The first-order chi connectivity index (χ1) is 31.9. The molecule has 6 rings (SSSR count). The monoisotopic (exact) mass is 988 g/mol. The van der Waals surface area contributed by atoms with Crippen LogP contribution in [0.1, 0.15) is 152 Å². The summed E-state index contributed by atoms with van der Waals surface area (Å²) in [5, 5.41) is 8.74. The Labute approximate surface area is 414 Å². The predicted molar refractivity (Wildman–Crippen MR) is 294 cm³/mol. The van der Waals surface area contributed by atoms with E-state index in [-0.39, 0.29) is 0 Å². The first-order valence-corrected chi connectivity index (χ1v) is 30.3. The molecule has 0 atom stereocenters. The number of hydrogen-bond acceptors (Lipinski definition) is 0. The van der Waals surface area contributed by atoms with E-state index >= 15 is 0 Å². The molecular weight excluding hydrogens is 912 g/mol. The van der Waals surface area contributed by atoms with Crippen molar-refractivity contribution in [3.05, 3.63) is 179 Å². The molecule has 0 amide bonds. The van der Waals surface area contributed by atoms with E-state index in [2.05, 4.69) is 187 Å². The Hall–Kier alpha value is -2.75. The maximum absolute atomic E-state index is 4.70. The van der Waals surface area contributed by atoms with Gasteiger partial charge in [0.05, 0.1) is 0 Å². The minimum absolute atomic E-state index is 0.522. The Bertz CT molecular complexity index is 1700. The molecule has 0 fully saturated rings. The summed E-state index contributed by atoms with van der Waals surface area (Å²) in [4.78, 5) is 0. The summed E-state index contributed by atoms with van der Waals surface area (Å²) in [5.74, 6) is 0. The molecule has 0 saturated heterocycles. The van der Waals surface area contributed by atoms with Gasteiger partial charge in [-0.2, -0.15) is 0 Å². The molecule has 6 aromatic carbocycles. The van der Waals surface area contributed by atoms with Crippen molar-refractivity contribution in [3.63, 3.8) is 0 Å². The van der Waals surface area contributed by atoms with Gasteiger partial charge in [-0.25, -0.2) is 0 Å². The average molecular weight is 991 g/mol. The fraction of sp³-hybridized carbons (Fsp3) is 0.400. The summed E-state index contributed by atoms with van der Waals surface area (Å²) in [5.41, 5.74) is 8.78. The van der Waals surface area contributed by atoms with Gasteiger partial charge in [0, 0.05) is 0 Å². The van der Waals surface area contributed by atoms with Crippen LogP contribution < -0.4 is 31.8 Å². The molecule has 0 aliphatic carbocycles. The van der Waals surface area contributed by atoms with Gasteiger partial charge in [-0.15, -0.1) is 0 Å². The summed E-state index contributed by atoms with van der Waals surface area (Å²) in [6, 6.07) is 56.8. The molecule has 5 heteroatoms. The molecule has 6 aromatic rings. The van der Waals surface area contributed by atoms with E-state index in [0.717, 1.165) is 0 Å². The third-order valence-electron chi connectivity index (χ3n) is 12.1. The van der Waals surface area contributed by atoms with Gasteiger partial charge >= 0.3 is 33.0 Å². The van der Waals surface area contributed by atoms with Crippen molar-refractivity contribution in [1.82, 2.24) is 0 Å². The zero-order valence-corrected chi connectivity index (χ0v) is 44.8. The van der Waals surface area contributed by atoms with Crippen molar-refractivity contribution in [3.8, 4) is 0 Å². The summed E-state index contributed by atoms with van der Waals surface area (Å²) in [6.45, 7) is 13.6. The molecule has 0 saturated carbocycles. The number of halogens is 2. The molecule has 0 N–H and O–H groups in total. The first kappa shape index (κ1) is 54.9. The van der Waals surface area contributed by atoms with Gasteiger partial charge in [0.15, 0.2) is 0 Å². The average Bonchev–Trinajstić information content (AvgIpc) is 3.35. The van der Waals surface area contributed by atoms with Crippen LogP contribution in [0.15, 0.2) is 146 Å². The van der Waals surface area contributed by atoms with Crippen LogP contribution in [0, 0.1) is 0 Å². The summed E-state index contributed by atoms with van der Waals surface area (Å²) >= 11 is 0.569. The van der Waals surface area contributed by atoms with Crippen molar-refractivity contribution in [2.24, 2.45) is 0 Å². The fourth-order valence-corrected chi connectivity index (χ4v) is 12.5. The first-order valence-electron chi connectivity index (χ1n) is 24.9. The Morgan fingerprint density at radius 3 is 0.492 bits per heavy atom. The van der Waals surface area contributed by atoms with Gasteiger partial charge in [0.25, 0.3) is 0 Å². The summed E-state index contributed by atoms with van der Waals surface area (Å²) in [7, 11) is 8.36. The summed E-state index contributed by atoms with van der Waals surface area (Å²) < 4.78 is 0. The van der Waals surface area contributed by atoms with Gasteiger partial charge in [0.2, 0.25) is 0 Å². The van der Waals surface area contributed by atoms with Crippen LogP contribution in [0.3, 0.4) is 0 Å². The quantitative estimate of drug-likeness (QED) is 0.0419. The molecule has 0 heterocycles. The van der Waals surface area contributed by atoms with Gasteiger partial charge in [-0.3, -0.25) is 0 Å². The Morgan fingerprint density at radius 1 is 0.262 bits per heavy atom. The zero-order chi connectivity index (χ0) is 46.5. The van der Waals surface area contributed by atoms with Crippen LogP contribution in [-0.4, -0.2) is 0 Å². The van der Waals surface area contributed by atoms with Crippen molar-refractivity contribution < 1.29 is 12.7 Å². The number of hydrogen-bond donors (Lipinski definition) is 0. The van der Waals surface area contributed by atoms with Crippen molar-refractivity contribution in [1.29, 1.82) is 0 Å². The van der Waals surface area contributed by atoms with Crippen LogP contribution in [0.25, 0.3) is 0 Å². The van der Waals surface area contributed by atoms with Crippen LogP contribution in [0.4, 0.5) is 0 Å². The molecule has 0 nitrogen and oxygen atoms in total. The van der Waals surface area contributed by atoms with Gasteiger partial charge < -0.3 is 0 Å². The SMILES string of the molecule is CCCCc1ccc(P(c2ccc(CCCC)cc2)c2ccc(CCCC)cc2)cc1.CCCCc1ccc(P(c2ccc(CCCC)cc2)c2ccc(CCCC)cc2)cc1.[Cl][Ni][Cl]. The fourth-order valence-electron chi connectivity index (χ4n) is 8.05. The number of aryl methyl sites for hydroxylation is 6. The van der Waals surface area contributed by atoms with E-state index in [1.807, 2.05) is 0 Å². The number of rotatable bonds is 24. The second kappa shape index (κ2) is 32.9. The van der Waals surface area contributed by atoms with E-state index in [0.29, 0.717) is 12.7 Å². The van der Waals surface area contributed by atoms with Gasteiger partial charge in [0.1, 0.15) is 0 Å². The predicted octanol–water partition coefficient (Wildman–Crippen LogP) is 16.3. The molecule has 0 unspecified atom stereocenters. The van der Waals surface area contributed by atoms with Crippen LogP contribution in [-0.2, 0) is 51.2 Å². The molecule has 0 aliphatic rings. The third-order valence-corrected chi connectivity index (χ3v) is 17.0. The molecular formula is C60H78Cl2NiP2. The van der Waals surface area contributed by atoms with Crippen LogP contribution in [0.5, 0.6) is 0 Å². The van der Waals surface area contributed by atoms with E-state index in [9.17, 15) is 0 Å². The Kier molecular flexibility index (Phi) is 27.7.